The summed E-state index contributed by atoms with van der Waals surface area (Å²) < 4.78 is 5.25. The van der Waals surface area contributed by atoms with Crippen LogP contribution in [0.15, 0.2) is 18.2 Å². The molecule has 1 heterocycles. The molecular formula is C18H23N3O5. The van der Waals surface area contributed by atoms with Gasteiger partial charge in [-0.25, -0.2) is 4.79 Å². The fourth-order valence-electron chi connectivity index (χ4n) is 4.08. The van der Waals surface area contributed by atoms with Crippen molar-refractivity contribution in [1.82, 2.24) is 10.2 Å². The van der Waals surface area contributed by atoms with Crippen LogP contribution in [0.4, 0.5) is 10.5 Å². The minimum atomic E-state index is -0.828. The highest BCUT2D eigenvalue weighted by molar-refractivity contribution is 5.98. The number of carbonyl (C=O) groups excluding carboxylic acids is 2. The summed E-state index contributed by atoms with van der Waals surface area (Å²) in [6, 6.07) is 4.37. The number of urea groups is 1. The third-order valence-electron chi connectivity index (χ3n) is 5.51. The van der Waals surface area contributed by atoms with E-state index in [4.69, 9.17) is 4.74 Å². The second kappa shape index (κ2) is 6.86. The number of methoxy groups -OCH3 is 1. The van der Waals surface area contributed by atoms with Crippen LogP contribution >= 0.6 is 0 Å². The number of nitrogens with one attached hydrogen (secondary N) is 2. The minimum absolute atomic E-state index is 0.00940. The maximum absolute atomic E-state index is 12.7. The summed E-state index contributed by atoms with van der Waals surface area (Å²) in [5, 5.41) is 14.9. The average Bonchev–Trinajstić information content (AvgIpc) is 3.19. The van der Waals surface area contributed by atoms with Crippen LogP contribution in [0.1, 0.15) is 29.6 Å². The molecule has 1 aliphatic carbocycles. The second-order valence-corrected chi connectivity index (χ2v) is 6.86. The average molecular weight is 361 g/mol. The largest absolute Gasteiger partial charge is 0.495 e. The van der Waals surface area contributed by atoms with E-state index in [-0.39, 0.29) is 24.4 Å². The Balaban J connectivity index is 1.78. The van der Waals surface area contributed by atoms with E-state index in [1.807, 2.05) is 0 Å². The van der Waals surface area contributed by atoms with Gasteiger partial charge in [-0.3, -0.25) is 9.59 Å². The van der Waals surface area contributed by atoms with Crippen molar-refractivity contribution in [3.05, 3.63) is 23.8 Å². The molecule has 1 saturated heterocycles. The summed E-state index contributed by atoms with van der Waals surface area (Å²) in [6.45, 7) is 0.631. The van der Waals surface area contributed by atoms with Gasteiger partial charge in [0, 0.05) is 25.7 Å². The number of amides is 3. The van der Waals surface area contributed by atoms with Crippen molar-refractivity contribution in [2.45, 2.75) is 19.3 Å². The van der Waals surface area contributed by atoms with Crippen LogP contribution in [-0.4, -0.2) is 55.2 Å². The van der Waals surface area contributed by atoms with Crippen LogP contribution in [-0.2, 0) is 4.79 Å². The number of carboxylic acid groups (broad SMARTS) is 1. The van der Waals surface area contributed by atoms with Crippen LogP contribution in [0, 0.1) is 11.3 Å². The van der Waals surface area contributed by atoms with Gasteiger partial charge in [0.05, 0.1) is 18.2 Å². The first-order valence-electron chi connectivity index (χ1n) is 8.60. The standard InChI is InChI=1S/C18H23N3O5/c1-19-15(22)11-5-6-14(26-2)13(8-11)20-17(25)21-9-12-4-3-7-18(12,10-21)16(23)24/h5-6,8,12H,3-4,7,9-10H2,1-2H3,(H,19,22)(H,20,25)(H,23,24)/t12-,18+/m0/s1. The van der Waals surface area contributed by atoms with Gasteiger partial charge in [-0.15, -0.1) is 0 Å². The van der Waals surface area contributed by atoms with Gasteiger partial charge < -0.3 is 25.4 Å². The number of anilines is 1. The molecule has 140 valence electrons. The number of carbonyl (C=O) groups is 3. The van der Waals surface area contributed by atoms with Gasteiger partial charge in [0.15, 0.2) is 0 Å². The number of hydrogen-bond donors (Lipinski definition) is 3. The molecule has 1 aromatic rings. The van der Waals surface area contributed by atoms with Gasteiger partial charge in [0.25, 0.3) is 5.91 Å². The first kappa shape index (κ1) is 18.0. The molecule has 2 fully saturated rings. The van der Waals surface area contributed by atoms with Gasteiger partial charge in [-0.2, -0.15) is 0 Å². The molecule has 2 aliphatic rings. The molecule has 8 heteroatoms. The molecule has 3 amide bonds. The molecule has 8 nitrogen and oxygen atoms in total. The summed E-state index contributed by atoms with van der Waals surface area (Å²) in [7, 11) is 3.00. The number of benzene rings is 1. The van der Waals surface area contributed by atoms with E-state index in [9.17, 15) is 19.5 Å². The number of carboxylic acids is 1. The van der Waals surface area contributed by atoms with Crippen molar-refractivity contribution >= 4 is 23.6 Å². The lowest BCUT2D eigenvalue weighted by Gasteiger charge is -2.23. The van der Waals surface area contributed by atoms with Crippen molar-refractivity contribution in [1.29, 1.82) is 0 Å². The third kappa shape index (κ3) is 2.95. The normalized spacial score (nSPS) is 24.1. The topological polar surface area (TPSA) is 108 Å². The molecule has 0 unspecified atom stereocenters. The van der Waals surface area contributed by atoms with E-state index < -0.39 is 11.4 Å². The van der Waals surface area contributed by atoms with Crippen LogP contribution in [0.5, 0.6) is 5.75 Å². The van der Waals surface area contributed by atoms with Crippen molar-refractivity contribution in [3.63, 3.8) is 0 Å². The number of fused-ring (bicyclic) bond motifs is 1. The fraction of sp³-hybridized carbons (Fsp3) is 0.500. The molecule has 3 N–H and O–H groups in total. The summed E-state index contributed by atoms with van der Waals surface area (Å²) in [5.41, 5.74) is -0.0605. The van der Waals surface area contributed by atoms with Gasteiger partial charge in [-0.1, -0.05) is 6.42 Å². The Bertz CT molecular complexity index is 750. The van der Waals surface area contributed by atoms with Crippen LogP contribution in [0.25, 0.3) is 0 Å². The van der Waals surface area contributed by atoms with Crippen LogP contribution in [0.3, 0.4) is 0 Å². The van der Waals surface area contributed by atoms with E-state index >= 15 is 0 Å². The molecule has 2 atom stereocenters. The Kier molecular flexibility index (Phi) is 4.76. The monoisotopic (exact) mass is 361 g/mol. The molecule has 0 spiro atoms. The quantitative estimate of drug-likeness (QED) is 0.757. The number of rotatable bonds is 4. The van der Waals surface area contributed by atoms with E-state index in [0.29, 0.717) is 30.0 Å². The maximum atomic E-state index is 12.7. The Morgan fingerprint density at radius 2 is 2.12 bits per heavy atom. The lowest BCUT2D eigenvalue weighted by atomic mass is 9.81. The predicted octanol–water partition coefficient (Wildman–Crippen LogP) is 1.77. The second-order valence-electron chi connectivity index (χ2n) is 6.86. The highest BCUT2D eigenvalue weighted by Crippen LogP contribution is 2.49. The lowest BCUT2D eigenvalue weighted by Crippen LogP contribution is -2.38. The zero-order valence-corrected chi connectivity index (χ0v) is 14.9. The Morgan fingerprint density at radius 1 is 1.35 bits per heavy atom. The van der Waals surface area contributed by atoms with Gasteiger partial charge >= 0.3 is 12.0 Å². The molecule has 1 saturated carbocycles. The summed E-state index contributed by atoms with van der Waals surface area (Å²) in [5.74, 6) is -0.679. The van der Waals surface area contributed by atoms with Crippen molar-refractivity contribution in [2.24, 2.45) is 11.3 Å². The Labute approximate surface area is 151 Å². The number of nitrogens with zero attached hydrogens (tertiary/aromatic N) is 1. The lowest BCUT2D eigenvalue weighted by molar-refractivity contribution is -0.149. The van der Waals surface area contributed by atoms with Crippen molar-refractivity contribution in [3.8, 4) is 5.75 Å². The van der Waals surface area contributed by atoms with Gasteiger partial charge in [-0.05, 0) is 37.0 Å². The smallest absolute Gasteiger partial charge is 0.321 e. The third-order valence-corrected chi connectivity index (χ3v) is 5.51. The Hall–Kier alpha value is -2.77. The van der Waals surface area contributed by atoms with Crippen molar-refractivity contribution < 1.29 is 24.2 Å². The molecule has 1 aliphatic heterocycles. The zero-order valence-electron chi connectivity index (χ0n) is 14.9. The van der Waals surface area contributed by atoms with Gasteiger partial charge in [0.2, 0.25) is 0 Å². The van der Waals surface area contributed by atoms with Crippen LogP contribution in [0.2, 0.25) is 0 Å². The SMILES string of the molecule is CNC(=O)c1ccc(OC)c(NC(=O)N2C[C@@H]3CCC[C@@]3(C(=O)O)C2)c1. The minimum Gasteiger partial charge on any atom is -0.495 e. The van der Waals surface area contributed by atoms with E-state index in [1.165, 1.54) is 14.2 Å². The number of aliphatic carboxylic acids is 1. The molecule has 0 aromatic heterocycles. The van der Waals surface area contributed by atoms with Gasteiger partial charge in [0.1, 0.15) is 5.75 Å². The van der Waals surface area contributed by atoms with Crippen molar-refractivity contribution in [2.75, 3.05) is 32.6 Å². The number of ether oxygens (including phenoxy) is 1. The molecule has 26 heavy (non-hydrogen) atoms. The Morgan fingerprint density at radius 3 is 2.73 bits per heavy atom. The van der Waals surface area contributed by atoms with E-state index in [0.717, 1.165) is 12.8 Å². The summed E-state index contributed by atoms with van der Waals surface area (Å²) in [6.07, 6.45) is 2.31. The molecule has 0 radical (unpaired) electrons. The maximum Gasteiger partial charge on any atom is 0.321 e. The molecule has 3 rings (SSSR count). The highest BCUT2D eigenvalue weighted by Gasteiger charge is 2.55. The van der Waals surface area contributed by atoms with Crippen LogP contribution < -0.4 is 15.4 Å². The molecule has 0 bridgehead atoms. The highest BCUT2D eigenvalue weighted by atomic mass is 16.5. The first-order chi connectivity index (χ1) is 12.4. The predicted molar refractivity (Wildman–Crippen MR) is 94.4 cm³/mol. The summed E-state index contributed by atoms with van der Waals surface area (Å²) in [4.78, 5) is 37.8. The fourth-order valence-corrected chi connectivity index (χ4v) is 4.08. The number of hydrogen-bond acceptors (Lipinski definition) is 4. The van der Waals surface area contributed by atoms with E-state index in [1.54, 1.807) is 23.1 Å². The molecule has 1 aromatic carbocycles. The van der Waals surface area contributed by atoms with E-state index in [2.05, 4.69) is 10.6 Å². The molecular weight excluding hydrogens is 338 g/mol. The summed E-state index contributed by atoms with van der Waals surface area (Å²) >= 11 is 0. The first-order valence-corrected chi connectivity index (χ1v) is 8.60. The number of likely N-dealkylation sites (tertiary alicyclic amines) is 1. The zero-order chi connectivity index (χ0) is 18.9.